The maximum Gasteiger partial charge on any atom is 0.275 e. The standard InChI is InChI=1S/C19H26ClN5O2S/c1-23(12-17(26)21-14-8-9-14)13-25-19(28)24(10-5-11-27-2)18(22-25)15-6-3-4-7-16(15)20/h3-4,6-7,14H,5,8-13H2,1-2H3,(H,21,26)/p+1. The summed E-state index contributed by atoms with van der Waals surface area (Å²) in [6, 6.07) is 7.98. The fraction of sp³-hybridized carbons (Fsp3) is 0.526. The molecule has 0 saturated heterocycles. The third-order valence-corrected chi connectivity index (χ3v) is 5.35. The molecule has 1 heterocycles. The first-order valence-corrected chi connectivity index (χ1v) is 10.3. The number of carbonyl (C=O) groups excluding carboxylic acids is 1. The van der Waals surface area contributed by atoms with E-state index in [1.54, 1.807) is 11.8 Å². The second-order valence-electron chi connectivity index (χ2n) is 7.22. The summed E-state index contributed by atoms with van der Waals surface area (Å²) in [5.74, 6) is 0.805. The van der Waals surface area contributed by atoms with E-state index in [9.17, 15) is 4.79 Å². The lowest BCUT2D eigenvalue weighted by Crippen LogP contribution is -3.09. The van der Waals surface area contributed by atoms with Crippen LogP contribution in [-0.2, 0) is 22.7 Å². The number of hydrogen-bond acceptors (Lipinski definition) is 4. The van der Waals surface area contributed by atoms with Gasteiger partial charge in [0.2, 0.25) is 4.77 Å². The van der Waals surface area contributed by atoms with Crippen LogP contribution in [0.25, 0.3) is 11.4 Å². The zero-order valence-electron chi connectivity index (χ0n) is 16.3. The largest absolute Gasteiger partial charge is 0.385 e. The number of methoxy groups -OCH3 is 1. The first kappa shape index (κ1) is 21.0. The Balaban J connectivity index is 1.80. The van der Waals surface area contributed by atoms with Gasteiger partial charge >= 0.3 is 0 Å². The topological polar surface area (TPSA) is 65.5 Å². The number of hydrogen-bond donors (Lipinski definition) is 2. The third kappa shape index (κ3) is 5.41. The number of likely N-dealkylation sites (N-methyl/N-ethyl adjacent to an activating group) is 1. The van der Waals surface area contributed by atoms with Gasteiger partial charge in [0.25, 0.3) is 5.91 Å². The Bertz CT molecular complexity index is 877. The summed E-state index contributed by atoms with van der Waals surface area (Å²) in [5, 5.41) is 8.39. The minimum Gasteiger partial charge on any atom is -0.385 e. The van der Waals surface area contributed by atoms with Gasteiger partial charge in [-0.1, -0.05) is 23.7 Å². The van der Waals surface area contributed by atoms with Gasteiger partial charge in [0.05, 0.1) is 12.1 Å². The number of rotatable bonds is 10. The van der Waals surface area contributed by atoms with E-state index in [1.807, 2.05) is 35.9 Å². The van der Waals surface area contributed by atoms with E-state index in [0.717, 1.165) is 35.6 Å². The lowest BCUT2D eigenvalue weighted by Gasteiger charge is -2.13. The molecule has 152 valence electrons. The predicted octanol–water partition coefficient (Wildman–Crippen LogP) is 1.52. The molecule has 1 unspecified atom stereocenters. The van der Waals surface area contributed by atoms with Gasteiger partial charge < -0.3 is 15.0 Å². The van der Waals surface area contributed by atoms with Crippen molar-refractivity contribution in [3.05, 3.63) is 34.1 Å². The van der Waals surface area contributed by atoms with Gasteiger partial charge in [-0.2, -0.15) is 4.68 Å². The van der Waals surface area contributed by atoms with Crippen molar-refractivity contribution < 1.29 is 14.4 Å². The first-order chi connectivity index (χ1) is 13.5. The number of carbonyl (C=O) groups is 1. The van der Waals surface area contributed by atoms with E-state index >= 15 is 0 Å². The van der Waals surface area contributed by atoms with E-state index in [0.29, 0.717) is 42.2 Å². The summed E-state index contributed by atoms with van der Waals surface area (Å²) >= 11 is 12.1. The molecule has 9 heteroatoms. The van der Waals surface area contributed by atoms with Crippen LogP contribution >= 0.6 is 23.8 Å². The fourth-order valence-electron chi connectivity index (χ4n) is 3.05. The number of nitrogens with one attached hydrogen (secondary N) is 2. The molecule has 0 radical (unpaired) electrons. The van der Waals surface area contributed by atoms with Crippen LogP contribution < -0.4 is 10.2 Å². The van der Waals surface area contributed by atoms with Crippen molar-refractivity contribution >= 4 is 29.7 Å². The van der Waals surface area contributed by atoms with Crippen molar-refractivity contribution in [1.29, 1.82) is 0 Å². The summed E-state index contributed by atoms with van der Waals surface area (Å²) in [5.41, 5.74) is 0.843. The lowest BCUT2D eigenvalue weighted by molar-refractivity contribution is -0.895. The molecule has 2 aromatic rings. The van der Waals surface area contributed by atoms with Crippen LogP contribution in [0.15, 0.2) is 24.3 Å². The van der Waals surface area contributed by atoms with Gasteiger partial charge in [0.1, 0.15) is 0 Å². The number of benzene rings is 1. The average molecular weight is 425 g/mol. The van der Waals surface area contributed by atoms with E-state index < -0.39 is 0 Å². The Hall–Kier alpha value is -1.74. The van der Waals surface area contributed by atoms with Gasteiger partial charge in [0.15, 0.2) is 19.0 Å². The molecule has 0 bridgehead atoms. The minimum atomic E-state index is 0.0670. The highest BCUT2D eigenvalue weighted by molar-refractivity contribution is 7.71. The number of aromatic nitrogens is 3. The number of quaternary nitrogens is 1. The van der Waals surface area contributed by atoms with Gasteiger partial charge in [-0.3, -0.25) is 9.36 Å². The molecule has 7 nitrogen and oxygen atoms in total. The van der Waals surface area contributed by atoms with E-state index in [4.69, 9.17) is 33.7 Å². The Labute approximate surface area is 175 Å². The van der Waals surface area contributed by atoms with E-state index in [1.165, 1.54) is 0 Å². The van der Waals surface area contributed by atoms with Crippen molar-refractivity contribution in [2.45, 2.75) is 38.5 Å². The molecule has 1 saturated carbocycles. The Morgan fingerprint density at radius 2 is 2.18 bits per heavy atom. The molecule has 0 spiro atoms. The summed E-state index contributed by atoms with van der Waals surface area (Å²) in [6.07, 6.45) is 2.99. The molecule has 0 aliphatic heterocycles. The van der Waals surface area contributed by atoms with Crippen LogP contribution in [0, 0.1) is 4.77 Å². The molecular formula is C19H27ClN5O2S+. The molecule has 1 atom stereocenters. The van der Waals surface area contributed by atoms with Crippen LogP contribution in [0.5, 0.6) is 0 Å². The molecule has 1 aliphatic carbocycles. The number of nitrogens with zero attached hydrogens (tertiary/aromatic N) is 3. The van der Waals surface area contributed by atoms with Crippen LogP contribution in [0.2, 0.25) is 5.02 Å². The van der Waals surface area contributed by atoms with Crippen LogP contribution in [-0.4, -0.2) is 53.6 Å². The number of halogens is 1. The van der Waals surface area contributed by atoms with Crippen molar-refractivity contribution in [3.63, 3.8) is 0 Å². The minimum absolute atomic E-state index is 0.0670. The highest BCUT2D eigenvalue weighted by Gasteiger charge is 2.25. The Kier molecular flexibility index (Phi) is 7.23. The lowest BCUT2D eigenvalue weighted by atomic mass is 10.2. The van der Waals surface area contributed by atoms with Crippen molar-refractivity contribution in [3.8, 4) is 11.4 Å². The fourth-order valence-corrected chi connectivity index (χ4v) is 3.55. The molecular weight excluding hydrogens is 398 g/mol. The maximum atomic E-state index is 12.1. The average Bonchev–Trinajstić information content (AvgIpc) is 3.41. The predicted molar refractivity (Wildman–Crippen MR) is 111 cm³/mol. The van der Waals surface area contributed by atoms with Crippen LogP contribution in [0.1, 0.15) is 19.3 Å². The summed E-state index contributed by atoms with van der Waals surface area (Å²) in [4.78, 5) is 13.1. The molecule has 1 aliphatic rings. The van der Waals surface area contributed by atoms with Crippen LogP contribution in [0.3, 0.4) is 0 Å². The zero-order valence-corrected chi connectivity index (χ0v) is 17.9. The monoisotopic (exact) mass is 424 g/mol. The maximum absolute atomic E-state index is 12.1. The third-order valence-electron chi connectivity index (χ3n) is 4.59. The quantitative estimate of drug-likeness (QED) is 0.448. The number of ether oxygens (including phenoxy) is 1. The summed E-state index contributed by atoms with van der Waals surface area (Å²) < 4.78 is 9.57. The second-order valence-corrected chi connectivity index (χ2v) is 7.99. The molecule has 3 rings (SSSR count). The molecule has 1 aromatic heterocycles. The van der Waals surface area contributed by atoms with Gasteiger partial charge in [-0.25, -0.2) is 0 Å². The van der Waals surface area contributed by atoms with E-state index in [2.05, 4.69) is 5.32 Å². The van der Waals surface area contributed by atoms with Crippen molar-refractivity contribution in [2.75, 3.05) is 27.3 Å². The SMILES string of the molecule is COCCCn1c(-c2ccccc2Cl)nn(C[NH+](C)CC(=O)NC2CC2)c1=S. The zero-order chi connectivity index (χ0) is 20.1. The smallest absolute Gasteiger partial charge is 0.275 e. The highest BCUT2D eigenvalue weighted by atomic mass is 35.5. The number of amides is 1. The van der Waals surface area contributed by atoms with Gasteiger partial charge in [-0.05, 0) is 43.6 Å². The highest BCUT2D eigenvalue weighted by Crippen LogP contribution is 2.26. The molecule has 28 heavy (non-hydrogen) atoms. The van der Waals surface area contributed by atoms with Crippen molar-refractivity contribution in [2.24, 2.45) is 0 Å². The molecule has 2 N–H and O–H groups in total. The Morgan fingerprint density at radius 3 is 2.86 bits per heavy atom. The van der Waals surface area contributed by atoms with E-state index in [-0.39, 0.29) is 5.91 Å². The summed E-state index contributed by atoms with van der Waals surface area (Å²) in [6.45, 7) is 2.22. The molecule has 1 aromatic carbocycles. The molecule has 1 amide bonds. The molecule has 1 fully saturated rings. The first-order valence-electron chi connectivity index (χ1n) is 9.51. The van der Waals surface area contributed by atoms with Crippen molar-refractivity contribution in [1.82, 2.24) is 19.7 Å². The summed E-state index contributed by atoms with van der Waals surface area (Å²) in [7, 11) is 3.65. The second kappa shape index (κ2) is 9.65. The normalized spacial score (nSPS) is 14.8. The van der Waals surface area contributed by atoms with Crippen LogP contribution in [0.4, 0.5) is 0 Å². The Morgan fingerprint density at radius 1 is 1.43 bits per heavy atom. The van der Waals surface area contributed by atoms with Gasteiger partial charge in [-0.15, -0.1) is 5.10 Å². The van der Waals surface area contributed by atoms with Gasteiger partial charge in [0, 0.05) is 31.9 Å².